The van der Waals surface area contributed by atoms with Crippen LogP contribution in [0.1, 0.15) is 38.5 Å². The van der Waals surface area contributed by atoms with E-state index in [1.165, 1.54) is 32.1 Å². The van der Waals surface area contributed by atoms with Gasteiger partial charge in [0, 0.05) is 18.4 Å². The second-order valence-corrected chi connectivity index (χ2v) is 7.85. The molecular formula is C11H20BrNO2S. The molecule has 0 aromatic rings. The lowest BCUT2D eigenvalue weighted by Crippen LogP contribution is -2.41. The lowest BCUT2D eigenvalue weighted by Gasteiger charge is -2.38. The second-order valence-electron chi connectivity index (χ2n) is 5.20. The van der Waals surface area contributed by atoms with Crippen molar-refractivity contribution >= 4 is 26.0 Å². The summed E-state index contributed by atoms with van der Waals surface area (Å²) in [4.78, 5) is 0. The van der Waals surface area contributed by atoms with Gasteiger partial charge in [-0.15, -0.1) is 0 Å². The molecule has 0 radical (unpaired) electrons. The normalized spacial score (nSPS) is 29.3. The third-order valence-corrected chi connectivity index (χ3v) is 7.01. The lowest BCUT2D eigenvalue weighted by atomic mass is 9.75. The van der Waals surface area contributed by atoms with E-state index in [1.807, 2.05) is 0 Å². The Kier molecular flexibility index (Phi) is 3.97. The van der Waals surface area contributed by atoms with Crippen molar-refractivity contribution in [3.63, 3.8) is 0 Å². The summed E-state index contributed by atoms with van der Waals surface area (Å²) in [5.41, 5.74) is 0.204. The summed E-state index contributed by atoms with van der Waals surface area (Å²) in [7, 11) is -2.92. The van der Waals surface area contributed by atoms with Crippen molar-refractivity contribution < 1.29 is 8.42 Å². The van der Waals surface area contributed by atoms with Gasteiger partial charge in [0.25, 0.3) is 0 Å². The van der Waals surface area contributed by atoms with Crippen molar-refractivity contribution in [1.29, 1.82) is 0 Å². The van der Waals surface area contributed by atoms with Crippen LogP contribution in [-0.2, 0) is 10.0 Å². The van der Waals surface area contributed by atoms with Gasteiger partial charge >= 0.3 is 0 Å². The Morgan fingerprint density at radius 1 is 1.12 bits per heavy atom. The van der Waals surface area contributed by atoms with Crippen LogP contribution in [0.4, 0.5) is 0 Å². The highest BCUT2D eigenvalue weighted by atomic mass is 79.9. The molecule has 2 rings (SSSR count). The minimum atomic E-state index is -2.92. The molecule has 1 aliphatic carbocycles. The quantitative estimate of drug-likeness (QED) is 0.751. The second kappa shape index (κ2) is 4.94. The molecule has 0 bridgehead atoms. The summed E-state index contributed by atoms with van der Waals surface area (Å²) in [6.07, 6.45) is 6.95. The molecule has 5 heteroatoms. The van der Waals surface area contributed by atoms with Crippen LogP contribution in [0.2, 0.25) is 0 Å². The van der Waals surface area contributed by atoms with Crippen LogP contribution in [-0.4, -0.2) is 36.9 Å². The van der Waals surface area contributed by atoms with Crippen LogP contribution in [0.15, 0.2) is 0 Å². The predicted octanol–water partition coefficient (Wildman–Crippen LogP) is 2.37. The molecule has 1 aliphatic heterocycles. The first-order valence-electron chi connectivity index (χ1n) is 6.12. The van der Waals surface area contributed by atoms with Gasteiger partial charge in [-0.25, -0.2) is 12.7 Å². The monoisotopic (exact) mass is 309 g/mol. The molecule has 0 N–H and O–H groups in total. The van der Waals surface area contributed by atoms with E-state index in [2.05, 4.69) is 15.9 Å². The summed E-state index contributed by atoms with van der Waals surface area (Å²) in [6, 6.07) is 0. The van der Waals surface area contributed by atoms with E-state index in [1.54, 1.807) is 4.31 Å². The van der Waals surface area contributed by atoms with Crippen LogP contribution < -0.4 is 0 Å². The molecule has 94 valence electrons. The zero-order valence-corrected chi connectivity index (χ0v) is 12.0. The SMILES string of the molecule is O=S1(=O)CCCN1CC1(CBr)CCCCC1. The Morgan fingerprint density at radius 3 is 2.31 bits per heavy atom. The molecule has 0 atom stereocenters. The Labute approximate surface area is 107 Å². The highest BCUT2D eigenvalue weighted by molar-refractivity contribution is 9.09. The first-order valence-corrected chi connectivity index (χ1v) is 8.85. The van der Waals surface area contributed by atoms with Crippen LogP contribution >= 0.6 is 15.9 Å². The van der Waals surface area contributed by atoms with Crippen molar-refractivity contribution in [1.82, 2.24) is 4.31 Å². The zero-order chi connectivity index (χ0) is 11.6. The number of alkyl halides is 1. The van der Waals surface area contributed by atoms with Gasteiger partial charge in [-0.2, -0.15) is 0 Å². The van der Waals surface area contributed by atoms with Crippen molar-refractivity contribution in [2.75, 3.05) is 24.2 Å². The molecule has 1 saturated heterocycles. The maximum absolute atomic E-state index is 11.8. The molecule has 0 aromatic heterocycles. The standard InChI is InChI=1S/C11H20BrNO2S/c12-9-11(5-2-1-3-6-11)10-13-7-4-8-16(13,14)15/h1-10H2. The van der Waals surface area contributed by atoms with Gasteiger partial charge in [0.05, 0.1) is 5.75 Å². The summed E-state index contributed by atoms with van der Waals surface area (Å²) >= 11 is 3.59. The van der Waals surface area contributed by atoms with Gasteiger partial charge < -0.3 is 0 Å². The molecule has 0 unspecified atom stereocenters. The molecule has 2 fully saturated rings. The fraction of sp³-hybridized carbons (Fsp3) is 1.00. The van der Waals surface area contributed by atoms with E-state index < -0.39 is 10.0 Å². The molecular weight excluding hydrogens is 290 g/mol. The summed E-state index contributed by atoms with van der Waals surface area (Å²) in [5, 5.41) is 0.937. The van der Waals surface area contributed by atoms with Crippen LogP contribution in [0.25, 0.3) is 0 Å². The molecule has 1 heterocycles. The van der Waals surface area contributed by atoms with Gasteiger partial charge in [0.15, 0.2) is 0 Å². The molecule has 3 nitrogen and oxygen atoms in total. The zero-order valence-electron chi connectivity index (χ0n) is 9.62. The highest BCUT2D eigenvalue weighted by Crippen LogP contribution is 2.39. The first-order chi connectivity index (χ1) is 7.58. The average Bonchev–Trinajstić information content (AvgIpc) is 2.60. The van der Waals surface area contributed by atoms with E-state index in [4.69, 9.17) is 0 Å². The van der Waals surface area contributed by atoms with E-state index in [-0.39, 0.29) is 5.41 Å². The lowest BCUT2D eigenvalue weighted by molar-refractivity contribution is 0.180. The number of halogens is 1. The predicted molar refractivity (Wildman–Crippen MR) is 69.3 cm³/mol. The Balaban J connectivity index is 2.06. The Morgan fingerprint density at radius 2 is 1.81 bits per heavy atom. The average molecular weight is 310 g/mol. The third-order valence-electron chi connectivity index (χ3n) is 3.91. The van der Waals surface area contributed by atoms with Gasteiger partial charge in [0.2, 0.25) is 10.0 Å². The van der Waals surface area contributed by atoms with Crippen molar-refractivity contribution in [2.24, 2.45) is 5.41 Å². The van der Waals surface area contributed by atoms with Crippen LogP contribution in [0, 0.1) is 5.41 Å². The third kappa shape index (κ3) is 2.62. The number of nitrogens with zero attached hydrogens (tertiary/aromatic N) is 1. The minimum Gasteiger partial charge on any atom is -0.212 e. The molecule has 0 amide bonds. The molecule has 16 heavy (non-hydrogen) atoms. The number of sulfonamides is 1. The summed E-state index contributed by atoms with van der Waals surface area (Å²) in [5.74, 6) is 0.353. The van der Waals surface area contributed by atoms with E-state index in [0.29, 0.717) is 5.75 Å². The summed E-state index contributed by atoms with van der Waals surface area (Å²) < 4.78 is 25.3. The Bertz CT molecular complexity index is 336. The molecule has 0 aromatic carbocycles. The first kappa shape index (κ1) is 12.8. The van der Waals surface area contributed by atoms with E-state index in [9.17, 15) is 8.42 Å². The minimum absolute atomic E-state index is 0.204. The number of hydrogen-bond acceptors (Lipinski definition) is 2. The van der Waals surface area contributed by atoms with Crippen molar-refractivity contribution in [2.45, 2.75) is 38.5 Å². The Hall–Kier alpha value is 0.390. The maximum Gasteiger partial charge on any atom is 0.214 e. The number of rotatable bonds is 3. The number of hydrogen-bond donors (Lipinski definition) is 0. The van der Waals surface area contributed by atoms with E-state index >= 15 is 0 Å². The van der Waals surface area contributed by atoms with Crippen LogP contribution in [0.5, 0.6) is 0 Å². The van der Waals surface area contributed by atoms with Crippen molar-refractivity contribution in [3.8, 4) is 0 Å². The fourth-order valence-electron chi connectivity index (χ4n) is 2.88. The van der Waals surface area contributed by atoms with Gasteiger partial charge in [0.1, 0.15) is 0 Å². The highest BCUT2D eigenvalue weighted by Gasteiger charge is 2.38. The molecule has 1 saturated carbocycles. The molecule has 0 spiro atoms. The summed E-state index contributed by atoms with van der Waals surface area (Å²) in [6.45, 7) is 1.47. The van der Waals surface area contributed by atoms with Gasteiger partial charge in [-0.3, -0.25) is 0 Å². The molecule has 2 aliphatic rings. The van der Waals surface area contributed by atoms with Crippen molar-refractivity contribution in [3.05, 3.63) is 0 Å². The van der Waals surface area contributed by atoms with Gasteiger partial charge in [-0.05, 0) is 24.7 Å². The van der Waals surface area contributed by atoms with E-state index in [0.717, 1.165) is 24.8 Å². The smallest absolute Gasteiger partial charge is 0.212 e. The van der Waals surface area contributed by atoms with Crippen LogP contribution in [0.3, 0.4) is 0 Å². The maximum atomic E-state index is 11.8. The topological polar surface area (TPSA) is 37.4 Å². The fourth-order valence-corrected chi connectivity index (χ4v) is 5.25. The largest absolute Gasteiger partial charge is 0.214 e. The van der Waals surface area contributed by atoms with Gasteiger partial charge in [-0.1, -0.05) is 35.2 Å².